The van der Waals surface area contributed by atoms with Gasteiger partial charge in [-0.3, -0.25) is 10.8 Å². The monoisotopic (exact) mass is 422 g/mol. The van der Waals surface area contributed by atoms with Crippen molar-refractivity contribution in [2.45, 2.75) is 26.8 Å². The van der Waals surface area contributed by atoms with Crippen molar-refractivity contribution >= 4 is 17.0 Å². The summed E-state index contributed by atoms with van der Waals surface area (Å²) >= 11 is 0. The molecule has 3 N–H and O–H groups in total. The molecule has 1 saturated heterocycles. The van der Waals surface area contributed by atoms with Crippen molar-refractivity contribution in [3.63, 3.8) is 0 Å². The molecule has 7 nitrogen and oxygen atoms in total. The molecule has 0 atom stereocenters. The first-order valence-corrected chi connectivity index (χ1v) is 10.7. The van der Waals surface area contributed by atoms with E-state index in [9.17, 15) is 0 Å². The number of ether oxygens (including phenoxy) is 2. The van der Waals surface area contributed by atoms with Crippen LogP contribution in [0.25, 0.3) is 17.0 Å². The molecule has 1 aliphatic rings. The minimum atomic E-state index is 0.575. The van der Waals surface area contributed by atoms with Gasteiger partial charge in [-0.2, -0.15) is 0 Å². The van der Waals surface area contributed by atoms with Gasteiger partial charge in [0.2, 0.25) is 0 Å². The number of aryl methyl sites for hydroxylation is 2. The number of nitrogens with zero attached hydrogens (tertiary/aromatic N) is 2. The van der Waals surface area contributed by atoms with Crippen LogP contribution in [0.15, 0.2) is 46.7 Å². The Kier molecular flexibility index (Phi) is 6.86. The van der Waals surface area contributed by atoms with Gasteiger partial charge < -0.3 is 19.2 Å². The molecule has 0 bridgehead atoms. The van der Waals surface area contributed by atoms with Crippen LogP contribution in [0.2, 0.25) is 0 Å². The van der Waals surface area contributed by atoms with E-state index in [4.69, 9.17) is 19.7 Å². The van der Waals surface area contributed by atoms with Gasteiger partial charge in [0.15, 0.2) is 0 Å². The van der Waals surface area contributed by atoms with Gasteiger partial charge in [-0.15, -0.1) is 0 Å². The summed E-state index contributed by atoms with van der Waals surface area (Å²) in [6.45, 7) is 8.29. The first kappa shape index (κ1) is 21.4. The van der Waals surface area contributed by atoms with Crippen LogP contribution < -0.4 is 15.9 Å². The van der Waals surface area contributed by atoms with Crippen molar-refractivity contribution in [1.82, 2.24) is 15.3 Å². The van der Waals surface area contributed by atoms with Crippen molar-refractivity contribution in [2.75, 3.05) is 32.8 Å². The number of fused-ring (bicyclic) bond motifs is 1. The molecule has 1 fully saturated rings. The van der Waals surface area contributed by atoms with Crippen molar-refractivity contribution in [3.8, 4) is 5.75 Å². The quantitative estimate of drug-likeness (QED) is 0.424. The summed E-state index contributed by atoms with van der Waals surface area (Å²) in [6, 6.07) is 9.99. The van der Waals surface area contributed by atoms with E-state index in [-0.39, 0.29) is 0 Å². The zero-order valence-corrected chi connectivity index (χ0v) is 18.2. The Morgan fingerprint density at radius 3 is 3.00 bits per heavy atom. The zero-order chi connectivity index (χ0) is 21.6. The molecular formula is C24H30N4O3. The molecule has 164 valence electrons. The molecule has 2 aromatic heterocycles. The number of pyridine rings is 1. The number of nitrogens with one attached hydrogen (secondary N) is 1. The Balaban J connectivity index is 1.35. The summed E-state index contributed by atoms with van der Waals surface area (Å²) in [6.07, 6.45) is 4.66. The van der Waals surface area contributed by atoms with Gasteiger partial charge in [0.05, 0.1) is 18.5 Å². The van der Waals surface area contributed by atoms with E-state index in [1.165, 1.54) is 5.56 Å². The van der Waals surface area contributed by atoms with Gasteiger partial charge in [0.1, 0.15) is 29.5 Å². The largest absolute Gasteiger partial charge is 0.495 e. The average Bonchev–Trinajstić information content (AvgIpc) is 3.08. The van der Waals surface area contributed by atoms with Crippen molar-refractivity contribution in [3.05, 3.63) is 64.9 Å². The Hall–Kier alpha value is -2.87. The van der Waals surface area contributed by atoms with E-state index in [1.54, 1.807) is 5.01 Å². The standard InChI is InChI=1S/C24H30N4O3/c1-17-23(14-20-16-28(25)11-13-29-20)31-22-8-3-7-21(24(17)22)30-12-5-9-26-15-19-6-4-10-27-18(19)2/h3-4,6-8,10,14,26H,5,9,11-13,15-16,25H2,1-2H3. The number of hydrogen-bond donors (Lipinski definition) is 2. The Bertz CT molecular complexity index is 1060. The van der Waals surface area contributed by atoms with E-state index < -0.39 is 0 Å². The van der Waals surface area contributed by atoms with Crippen LogP contribution in [0.4, 0.5) is 0 Å². The zero-order valence-electron chi connectivity index (χ0n) is 18.2. The van der Waals surface area contributed by atoms with Gasteiger partial charge >= 0.3 is 0 Å². The normalized spacial score (nSPS) is 16.0. The van der Waals surface area contributed by atoms with Crippen LogP contribution in [-0.4, -0.2) is 42.8 Å². The molecule has 4 rings (SSSR count). The SMILES string of the molecule is Cc1ncccc1CNCCCOc1cccc2oc(C=C3CN(N)CCO3)c(C)c12. The van der Waals surface area contributed by atoms with Gasteiger partial charge in [-0.25, -0.2) is 5.01 Å². The highest BCUT2D eigenvalue weighted by Crippen LogP contribution is 2.34. The molecule has 7 heteroatoms. The third-order valence-corrected chi connectivity index (χ3v) is 5.46. The van der Waals surface area contributed by atoms with Gasteiger partial charge in [-0.05, 0) is 50.6 Å². The lowest BCUT2D eigenvalue weighted by molar-refractivity contribution is 0.0967. The fourth-order valence-electron chi connectivity index (χ4n) is 3.70. The maximum atomic E-state index is 6.10. The van der Waals surface area contributed by atoms with Crippen LogP contribution in [0.5, 0.6) is 5.75 Å². The lowest BCUT2D eigenvalue weighted by Gasteiger charge is -2.24. The molecule has 31 heavy (non-hydrogen) atoms. The summed E-state index contributed by atoms with van der Waals surface area (Å²) in [4.78, 5) is 4.32. The second kappa shape index (κ2) is 9.96. The molecule has 3 aromatic rings. The van der Waals surface area contributed by atoms with Crippen molar-refractivity contribution < 1.29 is 13.9 Å². The summed E-state index contributed by atoms with van der Waals surface area (Å²) in [5, 5.41) is 6.21. The molecule has 0 aliphatic carbocycles. The lowest BCUT2D eigenvalue weighted by atomic mass is 10.1. The van der Waals surface area contributed by atoms with Gasteiger partial charge in [-0.1, -0.05) is 12.1 Å². The molecule has 0 unspecified atom stereocenters. The van der Waals surface area contributed by atoms with E-state index in [2.05, 4.69) is 16.4 Å². The second-order valence-corrected chi connectivity index (χ2v) is 7.78. The van der Waals surface area contributed by atoms with Crippen LogP contribution in [0, 0.1) is 13.8 Å². The average molecular weight is 423 g/mol. The molecule has 0 spiro atoms. The number of rotatable bonds is 8. The number of nitrogens with two attached hydrogens (primary N) is 1. The number of aromatic nitrogens is 1. The predicted molar refractivity (Wildman–Crippen MR) is 121 cm³/mol. The van der Waals surface area contributed by atoms with Crippen LogP contribution in [-0.2, 0) is 11.3 Å². The third-order valence-electron chi connectivity index (χ3n) is 5.46. The Morgan fingerprint density at radius 2 is 2.16 bits per heavy atom. The molecular weight excluding hydrogens is 392 g/mol. The Labute approximate surface area is 182 Å². The third kappa shape index (κ3) is 5.25. The van der Waals surface area contributed by atoms with E-state index in [1.807, 2.05) is 50.4 Å². The lowest BCUT2D eigenvalue weighted by Crippen LogP contribution is -2.40. The minimum absolute atomic E-state index is 0.575. The van der Waals surface area contributed by atoms with Crippen molar-refractivity contribution in [1.29, 1.82) is 0 Å². The minimum Gasteiger partial charge on any atom is -0.495 e. The highest BCUT2D eigenvalue weighted by molar-refractivity contribution is 5.90. The highest BCUT2D eigenvalue weighted by Gasteiger charge is 2.17. The number of hydrogen-bond acceptors (Lipinski definition) is 7. The number of furan rings is 1. The first-order valence-electron chi connectivity index (χ1n) is 10.7. The van der Waals surface area contributed by atoms with E-state index in [0.717, 1.165) is 65.6 Å². The topological polar surface area (TPSA) is 85.8 Å². The maximum Gasteiger partial charge on any atom is 0.138 e. The first-order chi connectivity index (χ1) is 15.1. The van der Waals surface area contributed by atoms with Gasteiger partial charge in [0, 0.05) is 36.6 Å². The fourth-order valence-corrected chi connectivity index (χ4v) is 3.70. The van der Waals surface area contributed by atoms with Gasteiger partial charge in [0.25, 0.3) is 0 Å². The van der Waals surface area contributed by atoms with Crippen molar-refractivity contribution in [2.24, 2.45) is 5.84 Å². The molecule has 1 aromatic carbocycles. The molecule has 3 heterocycles. The van der Waals surface area contributed by atoms with E-state index >= 15 is 0 Å². The maximum absolute atomic E-state index is 6.10. The molecule has 0 amide bonds. The molecule has 0 radical (unpaired) electrons. The molecule has 1 aliphatic heterocycles. The van der Waals surface area contributed by atoms with E-state index in [0.29, 0.717) is 19.8 Å². The predicted octanol–water partition coefficient (Wildman–Crippen LogP) is 3.55. The second-order valence-electron chi connectivity index (χ2n) is 7.78. The highest BCUT2D eigenvalue weighted by atomic mass is 16.5. The Morgan fingerprint density at radius 1 is 1.26 bits per heavy atom. The van der Waals surface area contributed by atoms with Crippen LogP contribution in [0.1, 0.15) is 29.0 Å². The smallest absolute Gasteiger partial charge is 0.138 e. The molecule has 0 saturated carbocycles. The van der Waals surface area contributed by atoms with Crippen LogP contribution in [0.3, 0.4) is 0 Å². The summed E-state index contributed by atoms with van der Waals surface area (Å²) < 4.78 is 17.9. The summed E-state index contributed by atoms with van der Waals surface area (Å²) in [7, 11) is 0. The summed E-state index contributed by atoms with van der Waals surface area (Å²) in [5.74, 6) is 8.34. The fraction of sp³-hybridized carbons (Fsp3) is 0.375. The number of morpholine rings is 1. The summed E-state index contributed by atoms with van der Waals surface area (Å²) in [5.41, 5.74) is 4.15. The number of benzene rings is 1. The number of hydrazine groups is 1. The van der Waals surface area contributed by atoms with Crippen LogP contribution >= 0.6 is 0 Å².